The Morgan fingerprint density at radius 2 is 1.87 bits per heavy atom. The standard InChI is InChI=1S/C19H27NO3/c1-18-7-5-12(21)9-11(18)3-4-13-14(18)6-8-19(2)15(13)10-16(20-23)17(19)22/h3,12-15,21,23H,4-10H2,1-2H3/b20-16+. The topological polar surface area (TPSA) is 69.9 Å². The average molecular weight is 317 g/mol. The van der Waals surface area contributed by atoms with Crippen molar-refractivity contribution in [2.45, 2.75) is 64.9 Å². The fourth-order valence-electron chi connectivity index (χ4n) is 6.34. The lowest BCUT2D eigenvalue weighted by Crippen LogP contribution is -2.50. The van der Waals surface area contributed by atoms with Crippen LogP contribution in [-0.2, 0) is 4.79 Å². The van der Waals surface area contributed by atoms with Crippen molar-refractivity contribution in [1.29, 1.82) is 0 Å². The highest BCUT2D eigenvalue weighted by Gasteiger charge is 2.60. The van der Waals surface area contributed by atoms with Gasteiger partial charge in [0, 0.05) is 11.8 Å². The van der Waals surface area contributed by atoms with E-state index in [1.54, 1.807) is 0 Å². The molecule has 0 aliphatic heterocycles. The Morgan fingerprint density at radius 3 is 2.61 bits per heavy atom. The molecular weight excluding hydrogens is 290 g/mol. The van der Waals surface area contributed by atoms with Crippen LogP contribution in [0.4, 0.5) is 0 Å². The number of carbonyl (C=O) groups excluding carboxylic acids is 1. The van der Waals surface area contributed by atoms with E-state index in [4.69, 9.17) is 0 Å². The molecule has 6 unspecified atom stereocenters. The van der Waals surface area contributed by atoms with Crippen molar-refractivity contribution in [2.75, 3.05) is 0 Å². The van der Waals surface area contributed by atoms with Gasteiger partial charge in [0.1, 0.15) is 5.71 Å². The van der Waals surface area contributed by atoms with E-state index < -0.39 is 0 Å². The average Bonchev–Trinajstić information content (AvgIpc) is 2.79. The number of allylic oxidation sites excluding steroid dienone is 1. The van der Waals surface area contributed by atoms with E-state index in [0.29, 0.717) is 29.9 Å². The predicted octanol–water partition coefficient (Wildman–Crippen LogP) is 3.32. The highest BCUT2D eigenvalue weighted by Crippen LogP contribution is 2.63. The second kappa shape index (κ2) is 4.92. The van der Waals surface area contributed by atoms with Gasteiger partial charge in [-0.25, -0.2) is 0 Å². The van der Waals surface area contributed by atoms with Gasteiger partial charge in [0.15, 0.2) is 5.78 Å². The number of aliphatic hydroxyl groups is 1. The zero-order chi connectivity index (χ0) is 16.4. The van der Waals surface area contributed by atoms with Crippen LogP contribution in [-0.4, -0.2) is 27.9 Å². The summed E-state index contributed by atoms with van der Waals surface area (Å²) in [5.74, 6) is 1.48. The summed E-state index contributed by atoms with van der Waals surface area (Å²) in [6, 6.07) is 0. The summed E-state index contributed by atoms with van der Waals surface area (Å²) in [6.45, 7) is 4.46. The molecule has 0 radical (unpaired) electrons. The second-order valence-electron chi connectivity index (χ2n) is 8.69. The van der Waals surface area contributed by atoms with Gasteiger partial charge in [0.2, 0.25) is 0 Å². The molecule has 4 aliphatic rings. The van der Waals surface area contributed by atoms with Crippen molar-refractivity contribution in [3.05, 3.63) is 11.6 Å². The van der Waals surface area contributed by atoms with E-state index in [2.05, 4.69) is 25.1 Å². The SMILES string of the molecule is CC12CCC3C(CC=C4CC(O)CCC43C)C1C/C(=N\O)C2=O. The fraction of sp³-hybridized carbons (Fsp3) is 0.789. The maximum absolute atomic E-state index is 12.6. The van der Waals surface area contributed by atoms with Crippen molar-refractivity contribution < 1.29 is 15.1 Å². The third-order valence-corrected chi connectivity index (χ3v) is 7.78. The van der Waals surface area contributed by atoms with E-state index in [1.807, 2.05) is 0 Å². The van der Waals surface area contributed by atoms with Crippen LogP contribution in [0.5, 0.6) is 0 Å². The van der Waals surface area contributed by atoms with Crippen LogP contribution >= 0.6 is 0 Å². The largest absolute Gasteiger partial charge is 0.411 e. The number of carbonyl (C=O) groups is 1. The molecule has 6 atom stereocenters. The van der Waals surface area contributed by atoms with Crippen LogP contribution in [0.25, 0.3) is 0 Å². The third-order valence-electron chi connectivity index (χ3n) is 7.78. The van der Waals surface area contributed by atoms with Crippen molar-refractivity contribution >= 4 is 11.5 Å². The van der Waals surface area contributed by atoms with Gasteiger partial charge in [0.05, 0.1) is 6.10 Å². The summed E-state index contributed by atoms with van der Waals surface area (Å²) >= 11 is 0. The Bertz CT molecular complexity index is 610. The predicted molar refractivity (Wildman–Crippen MR) is 87.3 cm³/mol. The molecule has 4 heteroatoms. The molecule has 23 heavy (non-hydrogen) atoms. The van der Waals surface area contributed by atoms with Crippen molar-refractivity contribution in [2.24, 2.45) is 33.7 Å². The minimum atomic E-state index is -0.335. The van der Waals surface area contributed by atoms with Crippen molar-refractivity contribution in [3.8, 4) is 0 Å². The summed E-state index contributed by atoms with van der Waals surface area (Å²) < 4.78 is 0. The maximum atomic E-state index is 12.6. The molecule has 4 rings (SSSR count). The van der Waals surface area contributed by atoms with Crippen LogP contribution in [0.15, 0.2) is 16.8 Å². The summed E-state index contributed by atoms with van der Waals surface area (Å²) in [7, 11) is 0. The third kappa shape index (κ3) is 1.93. The normalized spacial score (nSPS) is 51.0. The molecule has 4 nitrogen and oxygen atoms in total. The van der Waals surface area contributed by atoms with Crippen LogP contribution in [0.1, 0.15) is 58.8 Å². The Labute approximate surface area is 137 Å². The summed E-state index contributed by atoms with van der Waals surface area (Å²) in [5.41, 5.74) is 1.68. The first-order valence-corrected chi connectivity index (χ1v) is 9.03. The lowest BCUT2D eigenvalue weighted by Gasteiger charge is -2.56. The summed E-state index contributed by atoms with van der Waals surface area (Å²) in [6.07, 6.45) is 8.57. The Morgan fingerprint density at radius 1 is 1.13 bits per heavy atom. The van der Waals surface area contributed by atoms with Crippen LogP contribution in [0.2, 0.25) is 0 Å². The van der Waals surface area contributed by atoms with E-state index >= 15 is 0 Å². The van der Waals surface area contributed by atoms with Gasteiger partial charge in [-0.3, -0.25) is 4.79 Å². The van der Waals surface area contributed by atoms with Gasteiger partial charge in [-0.1, -0.05) is 30.7 Å². The first-order chi connectivity index (χ1) is 10.9. The lowest BCUT2D eigenvalue weighted by atomic mass is 9.48. The summed E-state index contributed by atoms with van der Waals surface area (Å²) in [5, 5.41) is 22.5. The molecule has 0 bridgehead atoms. The molecule has 4 aliphatic carbocycles. The van der Waals surface area contributed by atoms with Crippen LogP contribution in [0, 0.1) is 28.6 Å². The molecular formula is C19H27NO3. The van der Waals surface area contributed by atoms with Crippen LogP contribution in [0.3, 0.4) is 0 Å². The second-order valence-corrected chi connectivity index (χ2v) is 8.69. The Balaban J connectivity index is 1.71. The molecule has 0 aromatic rings. The first kappa shape index (κ1) is 15.4. The van der Waals surface area contributed by atoms with Crippen LogP contribution < -0.4 is 0 Å². The molecule has 0 aromatic carbocycles. The van der Waals surface area contributed by atoms with Gasteiger partial charge in [-0.2, -0.15) is 0 Å². The number of aliphatic hydroxyl groups excluding tert-OH is 1. The van der Waals surface area contributed by atoms with E-state index in [0.717, 1.165) is 38.5 Å². The maximum Gasteiger partial charge on any atom is 0.186 e. The monoisotopic (exact) mass is 317 g/mol. The van der Waals surface area contributed by atoms with Gasteiger partial charge in [-0.05, 0) is 61.7 Å². The molecule has 0 amide bonds. The first-order valence-electron chi connectivity index (χ1n) is 9.03. The molecule has 3 saturated carbocycles. The molecule has 0 heterocycles. The highest BCUT2D eigenvalue weighted by molar-refractivity contribution is 6.43. The molecule has 3 fully saturated rings. The van der Waals surface area contributed by atoms with Gasteiger partial charge in [-0.15, -0.1) is 0 Å². The number of hydrogen-bond acceptors (Lipinski definition) is 4. The number of nitrogens with zero attached hydrogens (tertiary/aromatic N) is 1. The van der Waals surface area contributed by atoms with Gasteiger partial charge >= 0.3 is 0 Å². The van der Waals surface area contributed by atoms with Crippen molar-refractivity contribution in [1.82, 2.24) is 0 Å². The van der Waals surface area contributed by atoms with Crippen molar-refractivity contribution in [3.63, 3.8) is 0 Å². The Hall–Kier alpha value is -1.16. The number of hydrogen-bond donors (Lipinski definition) is 2. The Kier molecular flexibility index (Phi) is 3.29. The molecule has 0 saturated heterocycles. The fourth-order valence-corrected chi connectivity index (χ4v) is 6.34. The number of fused-ring (bicyclic) bond motifs is 5. The van der Waals surface area contributed by atoms with E-state index in [9.17, 15) is 15.1 Å². The summed E-state index contributed by atoms with van der Waals surface area (Å²) in [4.78, 5) is 12.6. The number of Topliss-reactive ketones (excluding diaryl/α,β-unsaturated/α-hetero) is 1. The molecule has 0 aromatic heterocycles. The quantitative estimate of drug-likeness (QED) is 0.409. The van der Waals surface area contributed by atoms with E-state index in [-0.39, 0.29) is 22.7 Å². The minimum Gasteiger partial charge on any atom is -0.411 e. The minimum absolute atomic E-state index is 0.0717. The van der Waals surface area contributed by atoms with E-state index in [1.165, 1.54) is 5.57 Å². The smallest absolute Gasteiger partial charge is 0.186 e. The molecule has 0 spiro atoms. The lowest BCUT2D eigenvalue weighted by molar-refractivity contribution is -0.128. The zero-order valence-electron chi connectivity index (χ0n) is 14.1. The van der Waals surface area contributed by atoms with Gasteiger partial charge in [0.25, 0.3) is 0 Å². The molecule has 126 valence electrons. The molecule has 2 N–H and O–H groups in total. The number of rotatable bonds is 0. The number of ketones is 1. The zero-order valence-corrected chi connectivity index (χ0v) is 14.1. The number of oxime groups is 1. The van der Waals surface area contributed by atoms with Gasteiger partial charge < -0.3 is 10.3 Å². The highest BCUT2D eigenvalue weighted by atomic mass is 16.4.